The fourth-order valence-electron chi connectivity index (χ4n) is 1.64. The number of hydrogen-bond donors (Lipinski definition) is 2. The van der Waals surface area contributed by atoms with Crippen molar-refractivity contribution in [3.8, 4) is 5.75 Å². The van der Waals surface area contributed by atoms with Crippen molar-refractivity contribution < 1.29 is 9.84 Å². The van der Waals surface area contributed by atoms with Crippen molar-refractivity contribution in [2.75, 3.05) is 13.2 Å². The highest BCUT2D eigenvalue weighted by Crippen LogP contribution is 2.30. The van der Waals surface area contributed by atoms with Gasteiger partial charge in [-0.2, -0.15) is 0 Å². The zero-order chi connectivity index (χ0) is 11.4. The molecule has 2 rings (SSSR count). The van der Waals surface area contributed by atoms with Gasteiger partial charge >= 0.3 is 0 Å². The molecular weight excluding hydrogens is 202 g/mol. The fourth-order valence-corrected chi connectivity index (χ4v) is 1.64. The van der Waals surface area contributed by atoms with Crippen molar-refractivity contribution in [1.82, 2.24) is 0 Å². The lowest BCUT2D eigenvalue weighted by Crippen LogP contribution is -2.12. The molecule has 0 spiro atoms. The molecule has 0 radical (unpaired) electrons. The van der Waals surface area contributed by atoms with Gasteiger partial charge in [-0.05, 0) is 42.9 Å². The standard InChI is InChI=1S/C13H19NO2/c14-13(6-7-15)11-2-1-3-12(8-11)16-9-10-4-5-10/h1-3,8,10,13,15H,4-7,9,14H2. The number of hydrogen-bond acceptors (Lipinski definition) is 3. The highest BCUT2D eigenvalue weighted by atomic mass is 16.5. The summed E-state index contributed by atoms with van der Waals surface area (Å²) in [5, 5.41) is 8.84. The molecule has 3 N–H and O–H groups in total. The molecule has 0 bridgehead atoms. The van der Waals surface area contributed by atoms with Crippen LogP contribution < -0.4 is 10.5 Å². The van der Waals surface area contributed by atoms with Crippen molar-refractivity contribution in [3.05, 3.63) is 29.8 Å². The summed E-state index contributed by atoms with van der Waals surface area (Å²) in [6, 6.07) is 7.76. The van der Waals surface area contributed by atoms with E-state index in [0.29, 0.717) is 6.42 Å². The minimum absolute atomic E-state index is 0.102. The van der Waals surface area contributed by atoms with E-state index in [9.17, 15) is 0 Å². The van der Waals surface area contributed by atoms with Crippen molar-refractivity contribution >= 4 is 0 Å². The first-order valence-electron chi connectivity index (χ1n) is 5.89. The summed E-state index contributed by atoms with van der Waals surface area (Å²) in [6.45, 7) is 0.938. The second-order valence-electron chi connectivity index (χ2n) is 4.45. The minimum Gasteiger partial charge on any atom is -0.493 e. The Bertz CT molecular complexity index is 336. The molecule has 0 aromatic heterocycles. The first-order valence-corrected chi connectivity index (χ1v) is 5.89. The lowest BCUT2D eigenvalue weighted by molar-refractivity contribution is 0.276. The Morgan fingerprint density at radius 3 is 2.94 bits per heavy atom. The molecule has 1 aromatic carbocycles. The van der Waals surface area contributed by atoms with E-state index in [1.807, 2.05) is 24.3 Å². The van der Waals surface area contributed by atoms with Crippen LogP contribution in [0.4, 0.5) is 0 Å². The maximum absolute atomic E-state index is 8.84. The molecule has 1 saturated carbocycles. The molecule has 1 unspecified atom stereocenters. The third-order valence-electron chi connectivity index (χ3n) is 2.91. The van der Waals surface area contributed by atoms with Gasteiger partial charge in [-0.25, -0.2) is 0 Å². The molecule has 0 aliphatic heterocycles. The van der Waals surface area contributed by atoms with Gasteiger partial charge in [-0.15, -0.1) is 0 Å². The predicted octanol–water partition coefficient (Wildman–Crippen LogP) is 1.86. The largest absolute Gasteiger partial charge is 0.493 e. The van der Waals surface area contributed by atoms with Crippen LogP contribution in [-0.2, 0) is 0 Å². The number of aliphatic hydroxyl groups is 1. The van der Waals surface area contributed by atoms with Crippen LogP contribution in [0, 0.1) is 5.92 Å². The smallest absolute Gasteiger partial charge is 0.119 e. The number of nitrogens with two attached hydrogens (primary N) is 1. The number of ether oxygens (including phenoxy) is 1. The molecule has 1 aliphatic carbocycles. The van der Waals surface area contributed by atoms with Crippen LogP contribution >= 0.6 is 0 Å². The summed E-state index contributed by atoms with van der Waals surface area (Å²) in [7, 11) is 0. The molecule has 0 amide bonds. The third-order valence-corrected chi connectivity index (χ3v) is 2.91. The Morgan fingerprint density at radius 1 is 1.44 bits per heavy atom. The van der Waals surface area contributed by atoms with Crippen molar-refractivity contribution in [3.63, 3.8) is 0 Å². The third kappa shape index (κ3) is 3.22. The maximum Gasteiger partial charge on any atom is 0.119 e. The quantitative estimate of drug-likeness (QED) is 0.771. The van der Waals surface area contributed by atoms with Gasteiger partial charge < -0.3 is 15.6 Å². The summed E-state index contributed by atoms with van der Waals surface area (Å²) < 4.78 is 5.68. The Kier molecular flexibility index (Phi) is 3.80. The normalized spacial score (nSPS) is 17.1. The van der Waals surface area contributed by atoms with Crippen LogP contribution in [0.15, 0.2) is 24.3 Å². The number of benzene rings is 1. The Labute approximate surface area is 96.2 Å². The zero-order valence-electron chi connectivity index (χ0n) is 9.43. The SMILES string of the molecule is NC(CCO)c1cccc(OCC2CC2)c1. The Hall–Kier alpha value is -1.06. The predicted molar refractivity (Wildman–Crippen MR) is 63.3 cm³/mol. The van der Waals surface area contributed by atoms with E-state index in [1.165, 1.54) is 12.8 Å². The van der Waals surface area contributed by atoms with Gasteiger partial charge in [0.2, 0.25) is 0 Å². The number of rotatable bonds is 6. The molecule has 16 heavy (non-hydrogen) atoms. The lowest BCUT2D eigenvalue weighted by atomic mass is 10.1. The molecule has 1 atom stereocenters. The van der Waals surface area contributed by atoms with Gasteiger partial charge in [-0.1, -0.05) is 12.1 Å². The van der Waals surface area contributed by atoms with E-state index in [-0.39, 0.29) is 12.6 Å². The summed E-state index contributed by atoms with van der Waals surface area (Å²) in [6.07, 6.45) is 3.18. The molecule has 88 valence electrons. The van der Waals surface area contributed by atoms with E-state index in [0.717, 1.165) is 23.8 Å². The average molecular weight is 221 g/mol. The van der Waals surface area contributed by atoms with Crippen molar-refractivity contribution in [1.29, 1.82) is 0 Å². The van der Waals surface area contributed by atoms with Crippen LogP contribution in [0.3, 0.4) is 0 Å². The van der Waals surface area contributed by atoms with E-state index in [4.69, 9.17) is 15.6 Å². The molecule has 1 fully saturated rings. The maximum atomic E-state index is 8.84. The van der Waals surface area contributed by atoms with Gasteiger partial charge in [0.1, 0.15) is 5.75 Å². The molecular formula is C13H19NO2. The van der Waals surface area contributed by atoms with Gasteiger partial charge in [0.05, 0.1) is 6.61 Å². The highest BCUT2D eigenvalue weighted by Gasteiger charge is 2.21. The van der Waals surface area contributed by atoms with Gasteiger partial charge in [0.15, 0.2) is 0 Å². The van der Waals surface area contributed by atoms with Gasteiger partial charge in [-0.3, -0.25) is 0 Å². The molecule has 1 aliphatic rings. The lowest BCUT2D eigenvalue weighted by Gasteiger charge is -2.12. The molecule has 3 nitrogen and oxygen atoms in total. The average Bonchev–Trinajstić information content (AvgIpc) is 3.11. The van der Waals surface area contributed by atoms with Crippen molar-refractivity contribution in [2.45, 2.75) is 25.3 Å². The van der Waals surface area contributed by atoms with Crippen LogP contribution in [0.1, 0.15) is 30.9 Å². The summed E-state index contributed by atoms with van der Waals surface area (Å²) in [5.74, 6) is 1.65. The van der Waals surface area contributed by atoms with Crippen molar-refractivity contribution in [2.24, 2.45) is 11.7 Å². The van der Waals surface area contributed by atoms with Crippen LogP contribution in [0.2, 0.25) is 0 Å². The fraction of sp³-hybridized carbons (Fsp3) is 0.538. The highest BCUT2D eigenvalue weighted by molar-refractivity contribution is 5.30. The van der Waals surface area contributed by atoms with Gasteiger partial charge in [0, 0.05) is 12.6 Å². The van der Waals surface area contributed by atoms with E-state index in [1.54, 1.807) is 0 Å². The Balaban J connectivity index is 1.94. The zero-order valence-corrected chi connectivity index (χ0v) is 9.43. The van der Waals surface area contributed by atoms with Crippen LogP contribution in [0.25, 0.3) is 0 Å². The van der Waals surface area contributed by atoms with Crippen LogP contribution in [-0.4, -0.2) is 18.3 Å². The second kappa shape index (κ2) is 5.32. The second-order valence-corrected chi connectivity index (χ2v) is 4.45. The molecule has 0 saturated heterocycles. The summed E-state index contributed by atoms with van der Waals surface area (Å²) in [4.78, 5) is 0. The van der Waals surface area contributed by atoms with Crippen LogP contribution in [0.5, 0.6) is 5.75 Å². The van der Waals surface area contributed by atoms with E-state index in [2.05, 4.69) is 0 Å². The first-order chi connectivity index (χ1) is 7.79. The summed E-state index contributed by atoms with van der Waals surface area (Å²) >= 11 is 0. The van der Waals surface area contributed by atoms with E-state index < -0.39 is 0 Å². The molecule has 3 heteroatoms. The van der Waals surface area contributed by atoms with Gasteiger partial charge in [0.25, 0.3) is 0 Å². The van der Waals surface area contributed by atoms with E-state index >= 15 is 0 Å². The first kappa shape index (κ1) is 11.4. The summed E-state index contributed by atoms with van der Waals surface area (Å²) in [5.41, 5.74) is 6.96. The molecule has 1 aromatic rings. The Morgan fingerprint density at radius 2 is 2.25 bits per heavy atom. The molecule has 0 heterocycles. The number of aliphatic hydroxyl groups excluding tert-OH is 1. The topological polar surface area (TPSA) is 55.5 Å². The monoisotopic (exact) mass is 221 g/mol. The minimum atomic E-state index is -0.102.